The van der Waals surface area contributed by atoms with Crippen molar-refractivity contribution in [1.82, 2.24) is 0 Å². The minimum absolute atomic E-state index is 0.0140. The van der Waals surface area contributed by atoms with Gasteiger partial charge in [-0.15, -0.1) is 0 Å². The molecule has 0 heterocycles. The van der Waals surface area contributed by atoms with Crippen LogP contribution in [-0.2, 0) is 43.0 Å². The Hall–Kier alpha value is -4.04. The summed E-state index contributed by atoms with van der Waals surface area (Å²) in [6.07, 6.45) is 30.9. The van der Waals surface area contributed by atoms with Gasteiger partial charge in [0.1, 0.15) is 18.6 Å². The van der Waals surface area contributed by atoms with Crippen LogP contribution >= 0.6 is 0 Å². The number of hydrogen-bond acceptors (Lipinski definition) is 11. The van der Waals surface area contributed by atoms with Crippen molar-refractivity contribution in [3.63, 3.8) is 0 Å². The number of aliphatic hydroxyl groups excluding tert-OH is 2. The molecule has 5 N–H and O–H groups in total. The summed E-state index contributed by atoms with van der Waals surface area (Å²) in [4.78, 5) is 74.7. The molecule has 0 radical (unpaired) electrons. The van der Waals surface area contributed by atoms with E-state index >= 15 is 0 Å². The maximum Gasteiger partial charge on any atom is 0.349 e. The minimum atomic E-state index is -2.92. The third-order valence-electron chi connectivity index (χ3n) is 10.5. The molecule has 0 saturated carbocycles. The van der Waals surface area contributed by atoms with Crippen molar-refractivity contribution in [3.8, 4) is 0 Å². The number of carbonyl (C=O) groups excluding carboxylic acids is 3. The first-order valence-corrected chi connectivity index (χ1v) is 23.3. The Bertz CT molecular complexity index is 1320. The monoisotopic (exact) mass is 881 g/mol. The second-order valence-corrected chi connectivity index (χ2v) is 16.2. The Kier molecular flexibility index (Phi) is 36.1. The lowest BCUT2D eigenvalue weighted by atomic mass is 9.80. The van der Waals surface area contributed by atoms with Gasteiger partial charge >= 0.3 is 35.8 Å². The highest BCUT2D eigenvalue weighted by Crippen LogP contribution is 2.34. The van der Waals surface area contributed by atoms with Gasteiger partial charge in [-0.1, -0.05) is 127 Å². The lowest BCUT2D eigenvalue weighted by Gasteiger charge is -2.35. The third kappa shape index (κ3) is 30.9. The summed E-state index contributed by atoms with van der Waals surface area (Å²) in [6.45, 7) is 1.92. The summed E-state index contributed by atoms with van der Waals surface area (Å²) < 4.78 is 15.7. The molecule has 0 amide bonds. The Morgan fingerprint density at radius 2 is 1.05 bits per heavy atom. The van der Waals surface area contributed by atoms with Crippen LogP contribution in [0.2, 0.25) is 0 Å². The zero-order valence-corrected chi connectivity index (χ0v) is 37.8. The molecule has 0 aromatic carbocycles. The fraction of sp³-hybridized carbons (Fsp3) is 0.750. The van der Waals surface area contributed by atoms with E-state index in [1.807, 2.05) is 0 Å². The van der Waals surface area contributed by atoms with Gasteiger partial charge in [0.15, 0.2) is 6.10 Å². The van der Waals surface area contributed by atoms with E-state index in [0.717, 1.165) is 116 Å². The Morgan fingerprint density at radius 1 is 0.581 bits per heavy atom. The van der Waals surface area contributed by atoms with E-state index < -0.39 is 79.2 Å². The smallest absolute Gasteiger partial charge is 0.349 e. The van der Waals surface area contributed by atoms with Crippen molar-refractivity contribution >= 4 is 35.8 Å². The van der Waals surface area contributed by atoms with Crippen molar-refractivity contribution in [2.24, 2.45) is 5.92 Å². The normalized spacial score (nSPS) is 14.1. The van der Waals surface area contributed by atoms with E-state index in [9.17, 15) is 49.2 Å². The molecule has 14 heteroatoms. The van der Waals surface area contributed by atoms with Gasteiger partial charge in [0.05, 0.1) is 13.0 Å². The van der Waals surface area contributed by atoms with Gasteiger partial charge in [-0.25, -0.2) is 9.59 Å². The summed E-state index contributed by atoms with van der Waals surface area (Å²) in [5.74, 6) is -9.37. The van der Waals surface area contributed by atoms with Gasteiger partial charge < -0.3 is 39.7 Å². The van der Waals surface area contributed by atoms with Gasteiger partial charge in [-0.05, 0) is 84.0 Å². The molecule has 0 spiro atoms. The lowest BCUT2D eigenvalue weighted by molar-refractivity contribution is -0.203. The first-order valence-electron chi connectivity index (χ1n) is 23.3. The number of allylic oxidation sites excluding steroid dienone is 6. The average molecular weight is 881 g/mol. The van der Waals surface area contributed by atoms with Gasteiger partial charge in [-0.3, -0.25) is 19.2 Å². The zero-order valence-electron chi connectivity index (χ0n) is 37.8. The van der Waals surface area contributed by atoms with E-state index in [-0.39, 0.29) is 25.7 Å². The molecule has 0 bridgehead atoms. The number of carboxylic acids is 3. The molecular weight excluding hydrogens is 801 g/mol. The van der Waals surface area contributed by atoms with E-state index in [4.69, 9.17) is 19.3 Å². The molecule has 0 aliphatic heterocycles. The molecule has 0 rings (SSSR count). The van der Waals surface area contributed by atoms with Gasteiger partial charge in [0, 0.05) is 12.8 Å². The quantitative estimate of drug-likeness (QED) is 0.0166. The summed E-state index contributed by atoms with van der Waals surface area (Å²) in [5, 5.41) is 47.9. The molecule has 62 heavy (non-hydrogen) atoms. The van der Waals surface area contributed by atoms with E-state index in [2.05, 4.69) is 43.4 Å². The summed E-state index contributed by atoms with van der Waals surface area (Å²) >= 11 is 0. The van der Waals surface area contributed by atoms with Crippen LogP contribution in [0.5, 0.6) is 0 Å². The Labute approximate surface area is 370 Å². The maximum atomic E-state index is 13.4. The second kappa shape index (κ2) is 38.6. The summed E-state index contributed by atoms with van der Waals surface area (Å²) in [5.41, 5.74) is -2.92. The fourth-order valence-corrected chi connectivity index (χ4v) is 6.87. The number of rotatable bonds is 42. The second-order valence-electron chi connectivity index (χ2n) is 16.2. The SMILES string of the molecule is CCCCCC=CCC=CCCCCCCCC(=O)OC(C)C(=O)OC(CC(=O)O)(C(=O)O)C(CCCCCCCCC=CCCCCCCCC(=O)O)C(=O)OCC(O)CO. The van der Waals surface area contributed by atoms with Crippen LogP contribution in [0.4, 0.5) is 0 Å². The topological polar surface area (TPSA) is 231 Å². The largest absolute Gasteiger partial charge is 0.481 e. The number of esters is 3. The summed E-state index contributed by atoms with van der Waals surface area (Å²) in [7, 11) is 0. The van der Waals surface area contributed by atoms with Crippen LogP contribution < -0.4 is 0 Å². The van der Waals surface area contributed by atoms with E-state index in [0.29, 0.717) is 12.8 Å². The average Bonchev–Trinajstić information content (AvgIpc) is 3.22. The molecule has 0 aromatic rings. The van der Waals surface area contributed by atoms with Gasteiger partial charge in [-0.2, -0.15) is 0 Å². The van der Waals surface area contributed by atoms with Crippen molar-refractivity contribution in [2.45, 2.75) is 211 Å². The number of aliphatic hydroxyl groups is 2. The number of aliphatic carboxylic acids is 3. The number of carbonyl (C=O) groups is 6. The predicted molar refractivity (Wildman–Crippen MR) is 237 cm³/mol. The van der Waals surface area contributed by atoms with Crippen molar-refractivity contribution < 1.29 is 68.5 Å². The van der Waals surface area contributed by atoms with Crippen LogP contribution in [0.15, 0.2) is 36.5 Å². The molecule has 0 fully saturated rings. The number of carboxylic acid groups (broad SMARTS) is 3. The molecule has 0 saturated heterocycles. The molecule has 4 unspecified atom stereocenters. The number of ether oxygens (including phenoxy) is 3. The van der Waals surface area contributed by atoms with Gasteiger partial charge in [0.2, 0.25) is 5.60 Å². The van der Waals surface area contributed by atoms with Crippen molar-refractivity contribution in [1.29, 1.82) is 0 Å². The highest BCUT2D eigenvalue weighted by atomic mass is 16.6. The Balaban J connectivity index is 5.07. The van der Waals surface area contributed by atoms with Crippen LogP contribution in [-0.4, -0.2) is 92.4 Å². The van der Waals surface area contributed by atoms with Crippen LogP contribution in [0, 0.1) is 5.92 Å². The van der Waals surface area contributed by atoms with Crippen LogP contribution in [0.3, 0.4) is 0 Å². The molecule has 4 atom stereocenters. The molecule has 0 aromatic heterocycles. The first-order chi connectivity index (χ1) is 29.8. The lowest BCUT2D eigenvalue weighted by Crippen LogP contribution is -2.55. The van der Waals surface area contributed by atoms with Crippen molar-refractivity contribution in [3.05, 3.63) is 36.5 Å². The molecule has 0 aliphatic rings. The van der Waals surface area contributed by atoms with Crippen LogP contribution in [0.1, 0.15) is 194 Å². The highest BCUT2D eigenvalue weighted by molar-refractivity contribution is 5.93. The summed E-state index contributed by atoms with van der Waals surface area (Å²) in [6, 6.07) is 0. The predicted octanol–water partition coefficient (Wildman–Crippen LogP) is 9.58. The zero-order chi connectivity index (χ0) is 46.3. The molecule has 356 valence electrons. The van der Waals surface area contributed by atoms with Gasteiger partial charge in [0.25, 0.3) is 0 Å². The molecule has 14 nitrogen and oxygen atoms in total. The first kappa shape index (κ1) is 58.0. The third-order valence-corrected chi connectivity index (χ3v) is 10.5. The molecule has 0 aliphatic carbocycles. The Morgan fingerprint density at radius 3 is 1.53 bits per heavy atom. The standard InChI is InChI=1S/C48H80O14/c1-3-4-5-6-7-8-9-10-12-17-20-23-26-29-32-35-44(55)61-39(2)45(56)62-48(47(58)59,36-43(53)54)41(46(57)60-38-40(50)37-49)33-30-27-24-21-18-15-13-11-14-16-19-22-25-28-31-34-42(51)52/h7-8,10-12,14,39-41,49-50H,3-6,9,13,15-38H2,1-2H3,(H,51,52)(H,53,54)(H,58,59). The number of unbranched alkanes of at least 4 members (excludes halogenated alkanes) is 19. The van der Waals surface area contributed by atoms with E-state index in [1.54, 1.807) is 0 Å². The number of hydrogen-bond donors (Lipinski definition) is 5. The molecular formula is C48H80O14. The minimum Gasteiger partial charge on any atom is -0.481 e. The van der Waals surface area contributed by atoms with Crippen LogP contribution in [0.25, 0.3) is 0 Å². The highest BCUT2D eigenvalue weighted by Gasteiger charge is 2.56. The van der Waals surface area contributed by atoms with E-state index in [1.165, 1.54) is 26.2 Å². The fourth-order valence-electron chi connectivity index (χ4n) is 6.87. The maximum absolute atomic E-state index is 13.4. The van der Waals surface area contributed by atoms with Crippen molar-refractivity contribution in [2.75, 3.05) is 13.2 Å².